The van der Waals surface area contributed by atoms with Crippen LogP contribution < -0.4 is 5.73 Å². The Morgan fingerprint density at radius 3 is 2.02 bits per heavy atom. The summed E-state index contributed by atoms with van der Waals surface area (Å²) in [4.78, 5) is 60.8. The van der Waals surface area contributed by atoms with Crippen LogP contribution >= 0.6 is 11.8 Å². The van der Waals surface area contributed by atoms with Gasteiger partial charge < -0.3 is 38.6 Å². The molecule has 0 amide bonds. The fraction of sp³-hybridized carbons (Fsp3) is 0.444. The zero-order valence-electron chi connectivity index (χ0n) is 24.0. The first-order valence-corrected chi connectivity index (χ1v) is 13.8. The lowest BCUT2D eigenvalue weighted by Gasteiger charge is -2.44. The number of aromatic nitrogens is 2. The monoisotopic (exact) mass is 621 g/mol. The van der Waals surface area contributed by atoms with Crippen molar-refractivity contribution < 1.29 is 56.8 Å². The molecule has 2 aromatic rings. The number of esters is 5. The summed E-state index contributed by atoms with van der Waals surface area (Å²) in [6.45, 7) is 5.60. The second-order valence-corrected chi connectivity index (χ2v) is 10.1. The van der Waals surface area contributed by atoms with Gasteiger partial charge in [0.2, 0.25) is 5.89 Å². The molecule has 2 N–H and O–H groups in total. The van der Waals surface area contributed by atoms with Crippen LogP contribution in [0.5, 0.6) is 0 Å². The first-order chi connectivity index (χ1) is 20.4. The molecule has 1 aromatic carbocycles. The number of benzene rings is 1. The largest absolute Gasteiger partial charge is 0.463 e. The van der Waals surface area contributed by atoms with Crippen LogP contribution in [0.4, 0.5) is 0 Å². The molecule has 1 saturated heterocycles. The van der Waals surface area contributed by atoms with E-state index in [0.29, 0.717) is 17.3 Å². The average molecular weight is 622 g/mol. The molecule has 0 aliphatic carbocycles. The van der Waals surface area contributed by atoms with Crippen LogP contribution in [0, 0.1) is 0 Å². The number of thioether (sulfide) groups is 1. The molecule has 0 saturated carbocycles. The van der Waals surface area contributed by atoms with Gasteiger partial charge in [0.15, 0.2) is 29.3 Å². The van der Waals surface area contributed by atoms with Crippen molar-refractivity contribution in [1.29, 1.82) is 0 Å². The highest BCUT2D eigenvalue weighted by Crippen LogP contribution is 2.38. The maximum atomic E-state index is 13.0. The Labute approximate surface area is 250 Å². The lowest BCUT2D eigenvalue weighted by Crippen LogP contribution is -2.61. The lowest BCUT2D eigenvalue weighted by molar-refractivity contribution is -0.237. The van der Waals surface area contributed by atoms with E-state index in [1.54, 1.807) is 37.3 Å². The standard InChI is InChI=1S/C27H31N3O12S/c1-6-36-26(35)19(25-30-29-24(42-25)17-10-8-7-9-11-17)23(28)43-27-22(40-16(5)34)21(39-15(4)33)20(38-14(3)32)18(41-27)12-37-13(2)31/h7-11,18,20-22,27H,6,12,28H2,1-5H3. The molecule has 15 nitrogen and oxygen atoms in total. The summed E-state index contributed by atoms with van der Waals surface area (Å²) in [6.07, 6.45) is -5.42. The minimum Gasteiger partial charge on any atom is -0.463 e. The SMILES string of the molecule is CCOC(=O)C(=C(N)SC1OC(COC(C)=O)C(OC(C)=O)C(OC(C)=O)C1OC(C)=O)c1nnc(-c2ccccc2)o1. The molecule has 232 valence electrons. The molecule has 0 bridgehead atoms. The molecule has 1 aliphatic rings. The second kappa shape index (κ2) is 15.2. The molecule has 16 heteroatoms. The quantitative estimate of drug-likeness (QED) is 0.215. The number of nitrogens with zero attached hydrogens (tertiary/aromatic N) is 2. The summed E-state index contributed by atoms with van der Waals surface area (Å²) in [5.41, 5.74) is 5.36. The Kier molecular flexibility index (Phi) is 11.7. The van der Waals surface area contributed by atoms with E-state index in [2.05, 4.69) is 10.2 Å². The van der Waals surface area contributed by atoms with E-state index in [1.807, 2.05) is 0 Å². The fourth-order valence-corrected chi connectivity index (χ4v) is 5.07. The molecule has 0 spiro atoms. The van der Waals surface area contributed by atoms with Crippen molar-refractivity contribution in [1.82, 2.24) is 10.2 Å². The minimum absolute atomic E-state index is 0.0149. The maximum Gasteiger partial charge on any atom is 0.346 e. The summed E-state index contributed by atoms with van der Waals surface area (Å²) in [6, 6.07) is 8.76. The van der Waals surface area contributed by atoms with Crippen molar-refractivity contribution >= 4 is 47.2 Å². The Morgan fingerprint density at radius 2 is 1.44 bits per heavy atom. The highest BCUT2D eigenvalue weighted by molar-refractivity contribution is 8.03. The van der Waals surface area contributed by atoms with Crippen LogP contribution in [0.1, 0.15) is 40.5 Å². The van der Waals surface area contributed by atoms with Crippen LogP contribution in [0.25, 0.3) is 17.0 Å². The molecule has 5 unspecified atom stereocenters. The summed E-state index contributed by atoms with van der Waals surface area (Å²) in [5, 5.41) is 7.70. The molecule has 1 aromatic heterocycles. The van der Waals surface area contributed by atoms with Crippen molar-refractivity contribution in [2.45, 2.75) is 64.5 Å². The van der Waals surface area contributed by atoms with Crippen molar-refractivity contribution in [2.24, 2.45) is 5.73 Å². The number of hydrogen-bond donors (Lipinski definition) is 1. The van der Waals surface area contributed by atoms with Crippen molar-refractivity contribution in [3.05, 3.63) is 41.3 Å². The number of carbonyl (C=O) groups excluding carboxylic acids is 5. The number of hydrogen-bond acceptors (Lipinski definition) is 16. The van der Waals surface area contributed by atoms with Gasteiger partial charge in [0.1, 0.15) is 12.7 Å². The predicted octanol–water partition coefficient (Wildman–Crippen LogP) is 1.74. The number of nitrogens with two attached hydrogens (primary N) is 1. The molecule has 3 rings (SSSR count). The molecular weight excluding hydrogens is 590 g/mol. The third-order valence-electron chi connectivity index (χ3n) is 5.58. The number of rotatable bonds is 11. The lowest BCUT2D eigenvalue weighted by atomic mass is 9.99. The smallest absolute Gasteiger partial charge is 0.346 e. The van der Waals surface area contributed by atoms with Gasteiger partial charge in [0.05, 0.1) is 11.6 Å². The third-order valence-corrected chi connectivity index (χ3v) is 6.65. The van der Waals surface area contributed by atoms with Gasteiger partial charge in [0, 0.05) is 33.3 Å². The molecule has 2 heterocycles. The summed E-state index contributed by atoms with van der Waals surface area (Å²) >= 11 is 0.680. The van der Waals surface area contributed by atoms with Gasteiger partial charge >= 0.3 is 29.8 Å². The van der Waals surface area contributed by atoms with Crippen LogP contribution in [-0.4, -0.2) is 83.1 Å². The molecule has 0 radical (unpaired) electrons. The predicted molar refractivity (Wildman–Crippen MR) is 147 cm³/mol. The topological polar surface area (TPSA) is 206 Å². The van der Waals surface area contributed by atoms with Crippen molar-refractivity contribution in [2.75, 3.05) is 13.2 Å². The van der Waals surface area contributed by atoms with Gasteiger partial charge in [0.25, 0.3) is 5.89 Å². The summed E-state index contributed by atoms with van der Waals surface area (Å²) < 4.78 is 38.3. The van der Waals surface area contributed by atoms with Gasteiger partial charge in [-0.25, -0.2) is 4.79 Å². The first kappa shape index (κ1) is 33.1. The minimum atomic E-state index is -1.43. The maximum absolute atomic E-state index is 13.0. The van der Waals surface area contributed by atoms with Crippen molar-refractivity contribution in [3.63, 3.8) is 0 Å². The van der Waals surface area contributed by atoms with Crippen LogP contribution in [0.15, 0.2) is 39.8 Å². The summed E-state index contributed by atoms with van der Waals surface area (Å²) in [7, 11) is 0. The highest BCUT2D eigenvalue weighted by atomic mass is 32.2. The molecule has 1 aliphatic heterocycles. The van der Waals surface area contributed by atoms with Crippen molar-refractivity contribution in [3.8, 4) is 11.5 Å². The van der Waals surface area contributed by atoms with E-state index >= 15 is 0 Å². The average Bonchev–Trinajstić information content (AvgIpc) is 3.40. The number of ether oxygens (including phenoxy) is 6. The van der Waals surface area contributed by atoms with Gasteiger partial charge in [-0.05, 0) is 19.1 Å². The Morgan fingerprint density at radius 1 is 0.837 bits per heavy atom. The third kappa shape index (κ3) is 9.02. The normalized spacial score (nSPS) is 22.0. The van der Waals surface area contributed by atoms with Crippen LogP contribution in [0.3, 0.4) is 0 Å². The van der Waals surface area contributed by atoms with E-state index in [9.17, 15) is 24.0 Å². The zero-order valence-corrected chi connectivity index (χ0v) is 24.8. The zero-order chi connectivity index (χ0) is 31.7. The fourth-order valence-electron chi connectivity index (χ4n) is 3.99. The Balaban J connectivity index is 2.09. The molecule has 43 heavy (non-hydrogen) atoms. The van der Waals surface area contributed by atoms with Gasteiger partial charge in [-0.2, -0.15) is 0 Å². The van der Waals surface area contributed by atoms with Gasteiger partial charge in [-0.15, -0.1) is 10.2 Å². The summed E-state index contributed by atoms with van der Waals surface area (Å²) in [5.74, 6) is -4.12. The molecule has 5 atom stereocenters. The van der Waals surface area contributed by atoms with Gasteiger partial charge in [-0.1, -0.05) is 30.0 Å². The van der Waals surface area contributed by atoms with Crippen LogP contribution in [-0.2, 0) is 52.4 Å². The first-order valence-electron chi connectivity index (χ1n) is 12.9. The van der Waals surface area contributed by atoms with E-state index < -0.39 is 66.3 Å². The van der Waals surface area contributed by atoms with Crippen LogP contribution in [0.2, 0.25) is 0 Å². The molecule has 1 fully saturated rings. The highest BCUT2D eigenvalue weighted by Gasteiger charge is 2.52. The molecular formula is C27H31N3O12S. The second-order valence-electron chi connectivity index (χ2n) is 8.92. The van der Waals surface area contributed by atoms with E-state index in [-0.39, 0.29) is 29.0 Å². The van der Waals surface area contributed by atoms with E-state index in [1.165, 1.54) is 0 Å². The Bertz CT molecular complexity index is 1360. The van der Waals surface area contributed by atoms with E-state index in [0.717, 1.165) is 27.7 Å². The van der Waals surface area contributed by atoms with Gasteiger partial charge in [-0.3, -0.25) is 19.2 Å². The van der Waals surface area contributed by atoms with E-state index in [4.69, 9.17) is 38.6 Å². The number of carbonyl (C=O) groups is 5. The Hall–Kier alpha value is -4.44.